The Hall–Kier alpha value is -0.370. The van der Waals surface area contributed by atoms with Crippen molar-refractivity contribution in [2.45, 2.75) is 27.6 Å². The summed E-state index contributed by atoms with van der Waals surface area (Å²) in [7, 11) is 0. The van der Waals surface area contributed by atoms with Crippen LogP contribution in [-0.2, 0) is 0 Å². The summed E-state index contributed by atoms with van der Waals surface area (Å²) in [5.74, 6) is -27.9. The number of hydrogen-bond donors (Lipinski definition) is 0. The second kappa shape index (κ2) is 5.12. The summed E-state index contributed by atoms with van der Waals surface area (Å²) in [6, 6.07) is 0. The van der Waals surface area contributed by atoms with Crippen molar-refractivity contribution >= 4 is 22.6 Å². The maximum Gasteiger partial charge on any atom is 0.387 e. The zero-order valence-corrected chi connectivity index (χ0v) is 10.6. The lowest BCUT2D eigenvalue weighted by Crippen LogP contribution is -2.65. The number of halogens is 13. The van der Waals surface area contributed by atoms with Gasteiger partial charge in [0.2, 0.25) is 0 Å². The Morgan fingerprint density at radius 3 is 1.25 bits per heavy atom. The summed E-state index contributed by atoms with van der Waals surface area (Å²) < 4.78 is 142. The average molecular weight is 440 g/mol. The van der Waals surface area contributed by atoms with Crippen LogP contribution in [0.15, 0.2) is 12.2 Å². The molecule has 0 rings (SSSR count). The summed E-state index contributed by atoms with van der Waals surface area (Å²) in [6.45, 7) is 0. The molecule has 0 aromatic rings. The molecular formula is C7HF12I. The molecule has 13 heteroatoms. The number of hydrogen-bond acceptors (Lipinski definition) is 0. The van der Waals surface area contributed by atoms with E-state index >= 15 is 0 Å². The second-order valence-electron chi connectivity index (χ2n) is 3.28. The van der Waals surface area contributed by atoms with E-state index in [1.54, 1.807) is 0 Å². The molecule has 0 amide bonds. The van der Waals surface area contributed by atoms with E-state index in [4.69, 9.17) is 0 Å². The molecule has 0 spiro atoms. The molecule has 0 heterocycles. The maximum absolute atomic E-state index is 12.7. The smallest absolute Gasteiger partial charge is 0.195 e. The van der Waals surface area contributed by atoms with Gasteiger partial charge in [-0.25, -0.2) is 0 Å². The standard InChI is InChI=1S/C7HF12I/c8-2(9)1-3(10,11)4(12,13)5(14,15)6(16,17)7(18,19)20/h1H. The van der Waals surface area contributed by atoms with E-state index < -0.39 is 62.4 Å². The summed E-state index contributed by atoms with van der Waals surface area (Å²) in [5.41, 5.74) is 0. The van der Waals surface area contributed by atoms with Crippen LogP contribution in [0.3, 0.4) is 0 Å². The molecule has 0 aliphatic carbocycles. The third kappa shape index (κ3) is 2.95. The van der Waals surface area contributed by atoms with Crippen LogP contribution in [0, 0.1) is 0 Å². The Kier molecular flexibility index (Phi) is 5.03. The van der Waals surface area contributed by atoms with Crippen molar-refractivity contribution in [1.29, 1.82) is 0 Å². The van der Waals surface area contributed by atoms with Crippen LogP contribution in [-0.4, -0.2) is 27.6 Å². The Labute approximate surface area is 115 Å². The summed E-state index contributed by atoms with van der Waals surface area (Å²) in [5, 5.41) is 0. The van der Waals surface area contributed by atoms with Gasteiger partial charge < -0.3 is 0 Å². The van der Waals surface area contributed by atoms with E-state index in [0.29, 0.717) is 0 Å². The molecule has 20 heavy (non-hydrogen) atoms. The minimum atomic E-state index is -7.31. The monoisotopic (exact) mass is 440 g/mol. The predicted octanol–water partition coefficient (Wildman–Crippen LogP) is 5.34. The fourth-order valence-corrected chi connectivity index (χ4v) is 1.15. The van der Waals surface area contributed by atoms with Crippen LogP contribution >= 0.6 is 22.6 Å². The molecule has 0 atom stereocenters. The van der Waals surface area contributed by atoms with Crippen molar-refractivity contribution in [3.8, 4) is 0 Å². The van der Waals surface area contributed by atoms with Gasteiger partial charge in [0.05, 0.1) is 6.08 Å². The minimum Gasteiger partial charge on any atom is -0.195 e. The SMILES string of the molecule is FC(F)=CC(F)(F)C(F)(F)C(F)(F)C(F)(F)C(F)(F)I. The van der Waals surface area contributed by atoms with E-state index in [2.05, 4.69) is 0 Å². The van der Waals surface area contributed by atoms with E-state index in [1.807, 2.05) is 0 Å². The first-order valence-electron chi connectivity index (χ1n) is 4.03. The highest BCUT2D eigenvalue weighted by molar-refractivity contribution is 14.1. The first kappa shape index (κ1) is 19.6. The molecule has 0 N–H and O–H groups in total. The van der Waals surface area contributed by atoms with Gasteiger partial charge in [0.1, 0.15) is 0 Å². The average Bonchev–Trinajstić information content (AvgIpc) is 2.12. The van der Waals surface area contributed by atoms with Crippen molar-refractivity contribution in [1.82, 2.24) is 0 Å². The van der Waals surface area contributed by atoms with Gasteiger partial charge in [-0.3, -0.25) is 0 Å². The molecular weight excluding hydrogens is 439 g/mol. The zero-order valence-electron chi connectivity index (χ0n) is 8.49. The summed E-state index contributed by atoms with van der Waals surface area (Å²) >= 11 is -0.667. The second-order valence-corrected chi connectivity index (χ2v) is 4.63. The third-order valence-electron chi connectivity index (χ3n) is 1.85. The molecule has 0 saturated carbocycles. The van der Waals surface area contributed by atoms with Crippen LogP contribution in [0.1, 0.15) is 0 Å². The van der Waals surface area contributed by atoms with Crippen molar-refractivity contribution in [2.75, 3.05) is 0 Å². The molecule has 0 fully saturated rings. The molecule has 0 aromatic heterocycles. The highest BCUT2D eigenvalue weighted by atomic mass is 127. The third-order valence-corrected chi connectivity index (χ3v) is 2.53. The first-order chi connectivity index (χ1) is 8.42. The van der Waals surface area contributed by atoms with Crippen molar-refractivity contribution in [2.24, 2.45) is 0 Å². The van der Waals surface area contributed by atoms with Crippen molar-refractivity contribution < 1.29 is 52.7 Å². The van der Waals surface area contributed by atoms with Crippen molar-refractivity contribution in [3.05, 3.63) is 12.2 Å². The van der Waals surface area contributed by atoms with Crippen LogP contribution in [0.5, 0.6) is 0 Å². The molecule has 0 nitrogen and oxygen atoms in total. The molecule has 0 aliphatic rings. The highest BCUT2D eigenvalue weighted by Crippen LogP contribution is 2.58. The van der Waals surface area contributed by atoms with Gasteiger partial charge in [0.15, 0.2) is 0 Å². The zero-order chi connectivity index (χ0) is 16.8. The van der Waals surface area contributed by atoms with Gasteiger partial charge in [-0.1, -0.05) is 0 Å². The quantitative estimate of drug-likeness (QED) is 0.308. The molecule has 120 valence electrons. The molecule has 0 aliphatic heterocycles. The predicted molar refractivity (Wildman–Crippen MR) is 49.1 cm³/mol. The largest absolute Gasteiger partial charge is 0.387 e. The minimum absolute atomic E-state index is 0.667. The number of alkyl halides is 11. The molecule has 0 saturated heterocycles. The fraction of sp³-hybridized carbons (Fsp3) is 0.714. The van der Waals surface area contributed by atoms with Gasteiger partial charge in [-0.15, -0.1) is 0 Å². The number of rotatable bonds is 5. The van der Waals surface area contributed by atoms with Gasteiger partial charge in [-0.2, -0.15) is 52.7 Å². The van der Waals surface area contributed by atoms with Crippen LogP contribution in [0.2, 0.25) is 0 Å². The molecule has 0 bridgehead atoms. The van der Waals surface area contributed by atoms with Crippen molar-refractivity contribution in [3.63, 3.8) is 0 Å². The van der Waals surface area contributed by atoms with Gasteiger partial charge in [0.25, 0.3) is 6.08 Å². The van der Waals surface area contributed by atoms with Gasteiger partial charge in [0, 0.05) is 22.6 Å². The lowest BCUT2D eigenvalue weighted by atomic mass is 9.98. The summed E-state index contributed by atoms with van der Waals surface area (Å²) in [6.07, 6.45) is -5.61. The molecule has 0 unspecified atom stereocenters. The van der Waals surface area contributed by atoms with Gasteiger partial charge >= 0.3 is 27.6 Å². The summed E-state index contributed by atoms with van der Waals surface area (Å²) in [4.78, 5) is 0. The Morgan fingerprint density at radius 1 is 0.650 bits per heavy atom. The fourth-order valence-electron chi connectivity index (χ4n) is 0.812. The maximum atomic E-state index is 12.7. The Morgan fingerprint density at radius 2 is 1.00 bits per heavy atom. The van der Waals surface area contributed by atoms with Crippen LogP contribution in [0.4, 0.5) is 52.7 Å². The van der Waals surface area contributed by atoms with E-state index in [9.17, 15) is 52.7 Å². The topological polar surface area (TPSA) is 0 Å². The molecule has 0 aromatic carbocycles. The van der Waals surface area contributed by atoms with Crippen LogP contribution in [0.25, 0.3) is 0 Å². The lowest BCUT2D eigenvalue weighted by molar-refractivity contribution is -0.377. The Bertz CT molecular complexity index is 387. The van der Waals surface area contributed by atoms with E-state index in [-0.39, 0.29) is 0 Å². The van der Waals surface area contributed by atoms with Crippen LogP contribution < -0.4 is 0 Å². The first-order valence-corrected chi connectivity index (χ1v) is 5.11. The number of allylic oxidation sites excluding steroid dienone is 1. The Balaban J connectivity index is 6.00. The highest BCUT2D eigenvalue weighted by Gasteiger charge is 2.85. The van der Waals surface area contributed by atoms with E-state index in [0.717, 1.165) is 0 Å². The van der Waals surface area contributed by atoms with E-state index in [1.165, 1.54) is 0 Å². The van der Waals surface area contributed by atoms with Gasteiger partial charge in [-0.05, 0) is 0 Å². The molecule has 0 radical (unpaired) electrons. The lowest BCUT2D eigenvalue weighted by Gasteiger charge is -2.36. The normalized spacial score (nSPS) is 15.2.